The summed E-state index contributed by atoms with van der Waals surface area (Å²) in [5.74, 6) is -1.39. The van der Waals surface area contributed by atoms with E-state index in [0.29, 0.717) is 0 Å². The number of carboxylic acid groups (broad SMARTS) is 1. The van der Waals surface area contributed by atoms with Crippen molar-refractivity contribution in [2.24, 2.45) is 0 Å². The van der Waals surface area contributed by atoms with Gasteiger partial charge in [-0.3, -0.25) is 9.48 Å². The van der Waals surface area contributed by atoms with Crippen LogP contribution in [-0.4, -0.2) is 45.8 Å². The number of amides is 1. The number of aromatic nitrogens is 2. The molecule has 0 fully saturated rings. The second-order valence-electron chi connectivity index (χ2n) is 3.96. The Morgan fingerprint density at radius 2 is 2.00 bits per heavy atom. The van der Waals surface area contributed by atoms with Gasteiger partial charge >= 0.3 is 5.97 Å². The zero-order valence-corrected chi connectivity index (χ0v) is 9.76. The van der Waals surface area contributed by atoms with Crippen LogP contribution in [0, 0.1) is 0 Å². The lowest BCUT2D eigenvalue weighted by molar-refractivity contribution is 0.0688. The van der Waals surface area contributed by atoms with E-state index < -0.39 is 5.97 Å². The van der Waals surface area contributed by atoms with Crippen LogP contribution in [0.15, 0.2) is 6.07 Å². The molecule has 1 amide bonds. The van der Waals surface area contributed by atoms with Crippen LogP contribution in [0.5, 0.6) is 0 Å². The van der Waals surface area contributed by atoms with Gasteiger partial charge in [0, 0.05) is 26.2 Å². The first kappa shape index (κ1) is 12.2. The quantitative estimate of drug-likeness (QED) is 0.828. The normalized spacial score (nSPS) is 10.6. The van der Waals surface area contributed by atoms with Gasteiger partial charge in [0.2, 0.25) is 0 Å². The highest BCUT2D eigenvalue weighted by molar-refractivity contribution is 5.95. The second-order valence-corrected chi connectivity index (χ2v) is 3.96. The molecule has 1 aromatic rings. The van der Waals surface area contributed by atoms with E-state index in [9.17, 15) is 9.59 Å². The molecule has 0 spiro atoms. The maximum absolute atomic E-state index is 11.8. The first-order valence-corrected chi connectivity index (χ1v) is 4.89. The summed E-state index contributed by atoms with van der Waals surface area (Å²) in [7, 11) is 3.22. The molecule has 1 rings (SSSR count). The number of carbonyl (C=O) groups excluding carboxylic acids is 1. The molecular weight excluding hydrogens is 210 g/mol. The molecular formula is C10H15N3O3. The molecule has 0 aliphatic heterocycles. The summed E-state index contributed by atoms with van der Waals surface area (Å²) in [4.78, 5) is 23.9. The molecule has 0 saturated carbocycles. The van der Waals surface area contributed by atoms with Crippen LogP contribution in [0.3, 0.4) is 0 Å². The second kappa shape index (κ2) is 4.34. The van der Waals surface area contributed by atoms with Crippen LogP contribution in [0.25, 0.3) is 0 Å². The fourth-order valence-corrected chi connectivity index (χ4v) is 1.28. The lowest BCUT2D eigenvalue weighted by Gasteiger charge is -2.13. The molecule has 1 N–H and O–H groups in total. The van der Waals surface area contributed by atoms with E-state index in [1.807, 2.05) is 13.8 Å². The molecule has 0 aliphatic rings. The van der Waals surface area contributed by atoms with E-state index in [4.69, 9.17) is 5.11 Å². The van der Waals surface area contributed by atoms with Crippen LogP contribution in [0.1, 0.15) is 40.9 Å². The van der Waals surface area contributed by atoms with Gasteiger partial charge in [-0.25, -0.2) is 4.79 Å². The van der Waals surface area contributed by atoms with E-state index in [1.165, 1.54) is 15.6 Å². The van der Waals surface area contributed by atoms with Gasteiger partial charge < -0.3 is 10.0 Å². The summed E-state index contributed by atoms with van der Waals surface area (Å²) in [5, 5.41) is 12.7. The van der Waals surface area contributed by atoms with Crippen molar-refractivity contribution < 1.29 is 14.7 Å². The largest absolute Gasteiger partial charge is 0.476 e. The third-order valence-electron chi connectivity index (χ3n) is 2.07. The average molecular weight is 225 g/mol. The van der Waals surface area contributed by atoms with Crippen molar-refractivity contribution in [1.82, 2.24) is 14.7 Å². The highest BCUT2D eigenvalue weighted by atomic mass is 16.4. The zero-order chi connectivity index (χ0) is 12.5. The smallest absolute Gasteiger partial charge is 0.356 e. The molecule has 1 aromatic heterocycles. The summed E-state index contributed by atoms with van der Waals surface area (Å²) in [6.45, 7) is 3.68. The highest BCUT2D eigenvalue weighted by Gasteiger charge is 2.21. The summed E-state index contributed by atoms with van der Waals surface area (Å²) in [6, 6.07) is 1.23. The van der Waals surface area contributed by atoms with Crippen molar-refractivity contribution in [3.63, 3.8) is 0 Å². The number of hydrogen-bond donors (Lipinski definition) is 1. The molecule has 1 heterocycles. The Balaban J connectivity index is 3.25. The van der Waals surface area contributed by atoms with Crippen LogP contribution in [0.4, 0.5) is 0 Å². The number of aromatic carboxylic acids is 1. The summed E-state index contributed by atoms with van der Waals surface area (Å²) < 4.78 is 1.42. The number of carboxylic acids is 1. The van der Waals surface area contributed by atoms with Crippen LogP contribution in [0.2, 0.25) is 0 Å². The van der Waals surface area contributed by atoms with E-state index >= 15 is 0 Å². The van der Waals surface area contributed by atoms with Gasteiger partial charge in [-0.15, -0.1) is 0 Å². The maximum Gasteiger partial charge on any atom is 0.356 e. The Morgan fingerprint density at radius 3 is 2.38 bits per heavy atom. The third kappa shape index (κ3) is 2.21. The monoisotopic (exact) mass is 225 g/mol. The molecule has 0 saturated heterocycles. The lowest BCUT2D eigenvalue weighted by atomic mass is 10.3. The minimum atomic E-state index is -1.13. The minimum absolute atomic E-state index is 0.0630. The molecule has 88 valence electrons. The molecule has 16 heavy (non-hydrogen) atoms. The van der Waals surface area contributed by atoms with Gasteiger partial charge in [0.15, 0.2) is 5.69 Å². The summed E-state index contributed by atoms with van der Waals surface area (Å²) >= 11 is 0. The fraction of sp³-hybridized carbons (Fsp3) is 0.500. The molecule has 0 unspecified atom stereocenters. The standard InChI is InChI=1S/C10H15N3O3/c1-6(2)13-8(9(14)12(3)4)5-7(11-13)10(15)16/h5-6H,1-4H3,(H,15,16). The van der Waals surface area contributed by atoms with Crippen molar-refractivity contribution >= 4 is 11.9 Å². The van der Waals surface area contributed by atoms with E-state index in [2.05, 4.69) is 5.10 Å². The van der Waals surface area contributed by atoms with Gasteiger partial charge in [0.05, 0.1) is 0 Å². The predicted octanol–water partition coefficient (Wildman–Crippen LogP) is 0.864. The SMILES string of the molecule is CC(C)n1nc(C(=O)O)cc1C(=O)N(C)C. The molecule has 6 nitrogen and oxygen atoms in total. The van der Waals surface area contributed by atoms with Crippen LogP contribution < -0.4 is 0 Å². The Bertz CT molecular complexity index is 421. The minimum Gasteiger partial charge on any atom is -0.476 e. The van der Waals surface area contributed by atoms with E-state index in [1.54, 1.807) is 14.1 Å². The Labute approximate surface area is 93.5 Å². The molecule has 6 heteroatoms. The Hall–Kier alpha value is -1.85. The topological polar surface area (TPSA) is 75.4 Å². The first-order valence-electron chi connectivity index (χ1n) is 4.89. The number of hydrogen-bond acceptors (Lipinski definition) is 3. The van der Waals surface area contributed by atoms with Crippen LogP contribution >= 0.6 is 0 Å². The molecule has 0 aromatic carbocycles. The third-order valence-corrected chi connectivity index (χ3v) is 2.07. The van der Waals surface area contributed by atoms with Crippen molar-refractivity contribution in [2.75, 3.05) is 14.1 Å². The molecule has 0 atom stereocenters. The van der Waals surface area contributed by atoms with Crippen molar-refractivity contribution in [3.8, 4) is 0 Å². The zero-order valence-electron chi connectivity index (χ0n) is 9.76. The molecule has 0 radical (unpaired) electrons. The van der Waals surface area contributed by atoms with Crippen molar-refractivity contribution in [2.45, 2.75) is 19.9 Å². The first-order chi connectivity index (χ1) is 7.34. The van der Waals surface area contributed by atoms with Gasteiger partial charge in [0.1, 0.15) is 5.69 Å². The maximum atomic E-state index is 11.8. The summed E-state index contributed by atoms with van der Waals surface area (Å²) in [6.07, 6.45) is 0. The molecule has 0 aliphatic carbocycles. The molecule has 0 bridgehead atoms. The van der Waals surface area contributed by atoms with Gasteiger partial charge in [0.25, 0.3) is 5.91 Å². The van der Waals surface area contributed by atoms with Crippen molar-refractivity contribution in [3.05, 3.63) is 17.5 Å². The average Bonchev–Trinajstić information content (AvgIpc) is 2.60. The fourth-order valence-electron chi connectivity index (χ4n) is 1.28. The van der Waals surface area contributed by atoms with Crippen molar-refractivity contribution in [1.29, 1.82) is 0 Å². The van der Waals surface area contributed by atoms with E-state index in [0.717, 1.165) is 0 Å². The Kier molecular flexibility index (Phi) is 3.31. The van der Waals surface area contributed by atoms with Crippen LogP contribution in [-0.2, 0) is 0 Å². The predicted molar refractivity (Wildman–Crippen MR) is 57.6 cm³/mol. The number of rotatable bonds is 3. The number of carbonyl (C=O) groups is 2. The highest BCUT2D eigenvalue weighted by Crippen LogP contribution is 2.12. The number of nitrogens with zero attached hydrogens (tertiary/aromatic N) is 3. The van der Waals surface area contributed by atoms with Gasteiger partial charge in [-0.05, 0) is 13.8 Å². The van der Waals surface area contributed by atoms with E-state index in [-0.39, 0.29) is 23.3 Å². The summed E-state index contributed by atoms with van der Waals surface area (Å²) in [5.41, 5.74) is 0.177. The Morgan fingerprint density at radius 1 is 1.44 bits per heavy atom. The van der Waals surface area contributed by atoms with Gasteiger partial charge in [-0.1, -0.05) is 0 Å². The lowest BCUT2D eigenvalue weighted by Crippen LogP contribution is -2.25. The van der Waals surface area contributed by atoms with Gasteiger partial charge in [-0.2, -0.15) is 5.10 Å².